The van der Waals surface area contributed by atoms with E-state index in [-0.39, 0.29) is 0 Å². The minimum absolute atomic E-state index is 0.451. The second-order valence-corrected chi connectivity index (χ2v) is 4.88. The van der Waals surface area contributed by atoms with Crippen molar-refractivity contribution < 1.29 is 8.42 Å². The van der Waals surface area contributed by atoms with E-state index in [1.165, 1.54) is 0 Å². The van der Waals surface area contributed by atoms with Crippen molar-refractivity contribution in [2.75, 3.05) is 4.72 Å². The summed E-state index contributed by atoms with van der Waals surface area (Å²) in [4.78, 5) is 0. The molecule has 0 aliphatic rings. The molecule has 0 aromatic heterocycles. The van der Waals surface area contributed by atoms with Gasteiger partial charge in [-0.25, -0.2) is 5.14 Å². The van der Waals surface area contributed by atoms with Gasteiger partial charge in [0.25, 0.3) is 10.2 Å². The largest absolute Gasteiger partial charge is 0.296 e. The second-order valence-electron chi connectivity index (χ2n) is 3.59. The molecule has 2 rings (SSSR count). The summed E-state index contributed by atoms with van der Waals surface area (Å²) in [6, 6.07) is 16.8. The molecule has 0 spiro atoms. The van der Waals surface area contributed by atoms with Crippen LogP contribution in [0.25, 0.3) is 11.1 Å². The number of hydrogen-bond donors (Lipinski definition) is 2. The first-order valence-electron chi connectivity index (χ1n) is 5.01. The number of nitrogens with two attached hydrogens (primary N) is 1. The average Bonchev–Trinajstić information content (AvgIpc) is 2.29. The fraction of sp³-hybridized carbons (Fsp3) is 0. The van der Waals surface area contributed by atoms with Gasteiger partial charge in [0.05, 0.1) is 0 Å². The van der Waals surface area contributed by atoms with Crippen molar-refractivity contribution in [1.82, 2.24) is 0 Å². The van der Waals surface area contributed by atoms with Gasteiger partial charge in [-0.2, -0.15) is 8.42 Å². The van der Waals surface area contributed by atoms with Crippen LogP contribution in [-0.2, 0) is 10.2 Å². The molecule has 0 heterocycles. The van der Waals surface area contributed by atoms with E-state index in [0.29, 0.717) is 5.69 Å². The molecule has 0 bridgehead atoms. The number of nitrogens with one attached hydrogen (secondary N) is 1. The Morgan fingerprint density at radius 3 is 1.88 bits per heavy atom. The first-order chi connectivity index (χ1) is 8.04. The van der Waals surface area contributed by atoms with Gasteiger partial charge in [-0.3, -0.25) is 4.72 Å². The quantitative estimate of drug-likeness (QED) is 0.871. The molecule has 0 fully saturated rings. The summed E-state index contributed by atoms with van der Waals surface area (Å²) in [6.45, 7) is 0. The number of anilines is 1. The molecule has 0 saturated heterocycles. The van der Waals surface area contributed by atoms with Crippen molar-refractivity contribution in [3.05, 3.63) is 54.6 Å². The Kier molecular flexibility index (Phi) is 3.12. The zero-order valence-electron chi connectivity index (χ0n) is 9.00. The van der Waals surface area contributed by atoms with Crippen LogP contribution in [0.4, 0.5) is 5.69 Å². The lowest BCUT2D eigenvalue weighted by Crippen LogP contribution is -2.21. The number of benzene rings is 2. The van der Waals surface area contributed by atoms with Gasteiger partial charge in [0.1, 0.15) is 0 Å². The molecule has 5 heteroatoms. The van der Waals surface area contributed by atoms with Gasteiger partial charge in [-0.15, -0.1) is 0 Å². The van der Waals surface area contributed by atoms with Crippen molar-refractivity contribution >= 4 is 15.9 Å². The van der Waals surface area contributed by atoms with Gasteiger partial charge in [0.2, 0.25) is 0 Å². The Bertz CT molecular complexity index is 592. The molecule has 2 aromatic rings. The van der Waals surface area contributed by atoms with Crippen LogP contribution in [0.3, 0.4) is 0 Å². The Labute approximate surface area is 100 Å². The maximum absolute atomic E-state index is 10.8. The molecule has 0 amide bonds. The Morgan fingerprint density at radius 2 is 1.35 bits per heavy atom. The summed E-state index contributed by atoms with van der Waals surface area (Å²) in [5.74, 6) is 0. The second kappa shape index (κ2) is 4.57. The minimum Gasteiger partial charge on any atom is -0.271 e. The predicted octanol–water partition coefficient (Wildman–Crippen LogP) is 1.97. The van der Waals surface area contributed by atoms with Gasteiger partial charge >= 0.3 is 0 Å². The van der Waals surface area contributed by atoms with Crippen LogP contribution in [0.5, 0.6) is 0 Å². The third-order valence-corrected chi connectivity index (χ3v) is 2.77. The highest BCUT2D eigenvalue weighted by atomic mass is 32.2. The summed E-state index contributed by atoms with van der Waals surface area (Å²) in [6.07, 6.45) is 0. The lowest BCUT2D eigenvalue weighted by atomic mass is 10.1. The van der Waals surface area contributed by atoms with Crippen molar-refractivity contribution in [3.8, 4) is 11.1 Å². The van der Waals surface area contributed by atoms with Crippen molar-refractivity contribution in [1.29, 1.82) is 0 Å². The first-order valence-corrected chi connectivity index (χ1v) is 6.55. The van der Waals surface area contributed by atoms with Crippen molar-refractivity contribution in [3.63, 3.8) is 0 Å². The molecule has 0 radical (unpaired) electrons. The highest BCUT2D eigenvalue weighted by molar-refractivity contribution is 7.90. The smallest absolute Gasteiger partial charge is 0.271 e. The summed E-state index contributed by atoms with van der Waals surface area (Å²) in [5.41, 5.74) is 2.55. The molecule has 17 heavy (non-hydrogen) atoms. The van der Waals surface area contributed by atoms with Gasteiger partial charge in [-0.1, -0.05) is 42.5 Å². The van der Waals surface area contributed by atoms with Gasteiger partial charge in [-0.05, 0) is 23.3 Å². The summed E-state index contributed by atoms with van der Waals surface area (Å²) >= 11 is 0. The molecular weight excluding hydrogens is 236 g/mol. The minimum atomic E-state index is -3.70. The third kappa shape index (κ3) is 3.30. The van der Waals surface area contributed by atoms with Gasteiger partial charge < -0.3 is 0 Å². The van der Waals surface area contributed by atoms with E-state index in [1.54, 1.807) is 12.1 Å². The lowest BCUT2D eigenvalue weighted by molar-refractivity contribution is 0.603. The van der Waals surface area contributed by atoms with E-state index in [0.717, 1.165) is 11.1 Å². The zero-order valence-corrected chi connectivity index (χ0v) is 9.81. The fourth-order valence-electron chi connectivity index (χ4n) is 1.53. The van der Waals surface area contributed by atoms with E-state index < -0.39 is 10.2 Å². The monoisotopic (exact) mass is 248 g/mol. The average molecular weight is 248 g/mol. The maximum atomic E-state index is 10.8. The van der Waals surface area contributed by atoms with Crippen LogP contribution in [-0.4, -0.2) is 8.42 Å². The Balaban J connectivity index is 2.25. The standard InChI is InChI=1S/C12H12N2O2S/c13-17(15,16)14-12-8-6-11(7-9-12)10-4-2-1-3-5-10/h1-9,14H,(H2,13,15,16). The molecule has 0 aliphatic heterocycles. The van der Waals surface area contributed by atoms with E-state index >= 15 is 0 Å². The van der Waals surface area contributed by atoms with E-state index in [1.807, 2.05) is 42.5 Å². The first kappa shape index (κ1) is 11.6. The SMILES string of the molecule is NS(=O)(=O)Nc1ccc(-c2ccccc2)cc1. The number of hydrogen-bond acceptors (Lipinski definition) is 2. The lowest BCUT2D eigenvalue weighted by Gasteiger charge is -2.05. The molecule has 3 N–H and O–H groups in total. The number of rotatable bonds is 3. The Morgan fingerprint density at radius 1 is 0.824 bits per heavy atom. The molecular formula is C12H12N2O2S. The molecule has 0 saturated carbocycles. The summed E-state index contributed by atoms with van der Waals surface area (Å²) < 4.78 is 23.9. The fourth-order valence-corrected chi connectivity index (χ4v) is 1.99. The zero-order chi connectivity index (χ0) is 12.3. The molecule has 88 valence electrons. The normalized spacial score (nSPS) is 11.1. The van der Waals surface area contributed by atoms with Crippen LogP contribution in [0.2, 0.25) is 0 Å². The Hall–Kier alpha value is -1.85. The topological polar surface area (TPSA) is 72.2 Å². The van der Waals surface area contributed by atoms with E-state index in [9.17, 15) is 8.42 Å². The van der Waals surface area contributed by atoms with E-state index in [2.05, 4.69) is 4.72 Å². The summed E-state index contributed by atoms with van der Waals surface area (Å²) in [7, 11) is -3.70. The highest BCUT2D eigenvalue weighted by Gasteiger charge is 2.02. The van der Waals surface area contributed by atoms with Crippen LogP contribution < -0.4 is 9.86 Å². The van der Waals surface area contributed by atoms with E-state index in [4.69, 9.17) is 5.14 Å². The molecule has 0 unspecified atom stereocenters. The van der Waals surface area contributed by atoms with Crippen LogP contribution >= 0.6 is 0 Å². The van der Waals surface area contributed by atoms with Crippen molar-refractivity contribution in [2.24, 2.45) is 5.14 Å². The third-order valence-electron chi connectivity index (χ3n) is 2.25. The maximum Gasteiger partial charge on any atom is 0.296 e. The molecule has 0 atom stereocenters. The molecule has 2 aromatic carbocycles. The molecule has 4 nitrogen and oxygen atoms in total. The van der Waals surface area contributed by atoms with Gasteiger partial charge in [0, 0.05) is 5.69 Å². The van der Waals surface area contributed by atoms with Crippen LogP contribution in [0, 0.1) is 0 Å². The van der Waals surface area contributed by atoms with Crippen LogP contribution in [0.1, 0.15) is 0 Å². The predicted molar refractivity (Wildman–Crippen MR) is 68.6 cm³/mol. The summed E-state index contributed by atoms with van der Waals surface area (Å²) in [5, 5.41) is 4.88. The van der Waals surface area contributed by atoms with Crippen LogP contribution in [0.15, 0.2) is 54.6 Å². The van der Waals surface area contributed by atoms with Gasteiger partial charge in [0.15, 0.2) is 0 Å². The molecule has 0 aliphatic carbocycles. The highest BCUT2D eigenvalue weighted by Crippen LogP contribution is 2.21. The van der Waals surface area contributed by atoms with Crippen molar-refractivity contribution in [2.45, 2.75) is 0 Å².